The van der Waals surface area contributed by atoms with Gasteiger partial charge in [0, 0.05) is 18.2 Å². The number of aliphatic hydroxyl groups excluding tert-OH is 2. The lowest BCUT2D eigenvalue weighted by atomic mass is 10.2. The highest BCUT2D eigenvalue weighted by molar-refractivity contribution is 5.95. The molecule has 2 N–H and O–H groups in total. The van der Waals surface area contributed by atoms with Gasteiger partial charge in [-0.15, -0.1) is 0 Å². The largest absolute Gasteiger partial charge is 0.394 e. The van der Waals surface area contributed by atoms with Crippen molar-refractivity contribution in [3.8, 4) is 0 Å². The van der Waals surface area contributed by atoms with Crippen LogP contribution >= 0.6 is 0 Å². The molecule has 136 valence electrons. The molecule has 26 heavy (non-hydrogen) atoms. The Morgan fingerprint density at radius 3 is 2.58 bits per heavy atom. The number of hydrogen-bond donors (Lipinski definition) is 2. The first-order valence-electron chi connectivity index (χ1n) is 8.02. The maximum Gasteiger partial charge on any atom is 0.340 e. The summed E-state index contributed by atoms with van der Waals surface area (Å²) < 4.78 is 7.06. The second kappa shape index (κ2) is 7.20. The van der Waals surface area contributed by atoms with Gasteiger partial charge in [0.15, 0.2) is 0 Å². The van der Waals surface area contributed by atoms with Crippen LogP contribution in [0.2, 0.25) is 0 Å². The van der Waals surface area contributed by atoms with E-state index in [2.05, 4.69) is 6.58 Å². The van der Waals surface area contributed by atoms with E-state index >= 15 is 0 Å². The molecule has 1 fully saturated rings. The summed E-state index contributed by atoms with van der Waals surface area (Å²) in [5.41, 5.74) is -1.45. The van der Waals surface area contributed by atoms with E-state index in [-0.39, 0.29) is 17.5 Å². The fraction of sp³-hybridized carbons (Fsp3) is 0.278. The Kier molecular flexibility index (Phi) is 4.99. The molecule has 0 bridgehead atoms. The van der Waals surface area contributed by atoms with Crippen LogP contribution in [0, 0.1) is 0 Å². The van der Waals surface area contributed by atoms with Crippen LogP contribution in [0.4, 0.5) is 0 Å². The fourth-order valence-corrected chi connectivity index (χ4v) is 2.88. The zero-order valence-corrected chi connectivity index (χ0v) is 13.8. The summed E-state index contributed by atoms with van der Waals surface area (Å²) in [6.45, 7) is 3.12. The number of carbonyl (C=O) groups excluding carboxylic acids is 1. The van der Waals surface area contributed by atoms with Crippen LogP contribution in [-0.2, 0) is 4.74 Å². The number of ether oxygens (including phenoxy) is 1. The summed E-state index contributed by atoms with van der Waals surface area (Å²) in [7, 11) is 0. The van der Waals surface area contributed by atoms with Crippen molar-refractivity contribution in [2.45, 2.75) is 24.9 Å². The van der Waals surface area contributed by atoms with Gasteiger partial charge < -0.3 is 14.9 Å². The molecule has 1 aromatic heterocycles. The summed E-state index contributed by atoms with van der Waals surface area (Å²) in [6.07, 6.45) is -0.201. The van der Waals surface area contributed by atoms with Gasteiger partial charge in [0.05, 0.1) is 18.3 Å². The summed E-state index contributed by atoms with van der Waals surface area (Å²) in [5, 5.41) is 19.1. The Labute approximate surface area is 148 Å². The van der Waals surface area contributed by atoms with Crippen LogP contribution in [-0.4, -0.2) is 44.1 Å². The molecule has 0 amide bonds. The molecule has 3 rings (SSSR count). The molecule has 8 nitrogen and oxygen atoms in total. The molecule has 1 aliphatic rings. The van der Waals surface area contributed by atoms with E-state index in [4.69, 9.17) is 4.74 Å². The Bertz CT molecular complexity index is 946. The van der Waals surface area contributed by atoms with Gasteiger partial charge in [0.25, 0.3) is 11.5 Å². The zero-order chi connectivity index (χ0) is 18.8. The van der Waals surface area contributed by atoms with Crippen molar-refractivity contribution in [2.24, 2.45) is 0 Å². The van der Waals surface area contributed by atoms with Gasteiger partial charge in [-0.1, -0.05) is 30.9 Å². The number of nitrogens with zero attached hydrogens (tertiary/aromatic N) is 2. The molecule has 3 atom stereocenters. The molecule has 0 unspecified atom stereocenters. The lowest BCUT2D eigenvalue weighted by molar-refractivity contribution is -0.0462. The summed E-state index contributed by atoms with van der Waals surface area (Å²) in [6, 6.07) is 7.95. The summed E-state index contributed by atoms with van der Waals surface area (Å²) in [5.74, 6) is -0.768. The highest BCUT2D eigenvalue weighted by Gasteiger charge is 2.35. The van der Waals surface area contributed by atoms with E-state index < -0.39 is 42.2 Å². The van der Waals surface area contributed by atoms with Crippen molar-refractivity contribution in [3.63, 3.8) is 0 Å². The van der Waals surface area contributed by atoms with Crippen molar-refractivity contribution in [2.75, 3.05) is 6.61 Å². The topological polar surface area (TPSA) is 111 Å². The minimum atomic E-state index is -0.964. The SMILES string of the molecule is C=Cc1cn([C@H]2C[C@H](O)[C@@H](CO)O2)c(=O)n(C(=O)c2ccccc2)c1=O. The molecule has 0 aliphatic carbocycles. The van der Waals surface area contributed by atoms with E-state index in [1.54, 1.807) is 18.2 Å². The van der Waals surface area contributed by atoms with Crippen molar-refractivity contribution >= 4 is 12.0 Å². The number of aliphatic hydroxyl groups is 2. The van der Waals surface area contributed by atoms with Gasteiger partial charge in [0.1, 0.15) is 12.3 Å². The van der Waals surface area contributed by atoms with Crippen LogP contribution in [0.3, 0.4) is 0 Å². The molecule has 8 heteroatoms. The number of aromatic nitrogens is 2. The summed E-state index contributed by atoms with van der Waals surface area (Å²) in [4.78, 5) is 38.0. The molecule has 2 heterocycles. The fourth-order valence-electron chi connectivity index (χ4n) is 2.88. The smallest absolute Gasteiger partial charge is 0.340 e. The van der Waals surface area contributed by atoms with Gasteiger partial charge >= 0.3 is 5.69 Å². The molecule has 1 aliphatic heterocycles. The minimum Gasteiger partial charge on any atom is -0.394 e. The maximum absolute atomic E-state index is 12.8. The average Bonchev–Trinajstić information content (AvgIpc) is 3.03. The van der Waals surface area contributed by atoms with Gasteiger partial charge in [0.2, 0.25) is 0 Å². The predicted molar refractivity (Wildman–Crippen MR) is 92.8 cm³/mol. The Balaban J connectivity index is 2.14. The van der Waals surface area contributed by atoms with Gasteiger partial charge in [-0.25, -0.2) is 4.79 Å². The first kappa shape index (κ1) is 18.0. The zero-order valence-electron chi connectivity index (χ0n) is 13.8. The van der Waals surface area contributed by atoms with E-state index in [0.717, 1.165) is 4.57 Å². The van der Waals surface area contributed by atoms with Crippen molar-refractivity contribution in [3.05, 3.63) is 75.1 Å². The van der Waals surface area contributed by atoms with Crippen LogP contribution < -0.4 is 11.2 Å². The number of benzene rings is 1. The number of hydrogen-bond acceptors (Lipinski definition) is 6. The van der Waals surface area contributed by atoms with Crippen LogP contribution in [0.1, 0.15) is 28.6 Å². The third kappa shape index (κ3) is 3.05. The maximum atomic E-state index is 12.8. The van der Waals surface area contributed by atoms with E-state index in [9.17, 15) is 24.6 Å². The summed E-state index contributed by atoms with van der Waals surface area (Å²) >= 11 is 0. The average molecular weight is 358 g/mol. The lowest BCUT2D eigenvalue weighted by Gasteiger charge is -2.17. The second-order valence-electron chi connectivity index (χ2n) is 5.90. The van der Waals surface area contributed by atoms with Gasteiger partial charge in [-0.3, -0.25) is 14.2 Å². The molecule has 1 aromatic carbocycles. The number of carbonyl (C=O) groups is 1. The molecule has 1 saturated heterocycles. The highest BCUT2D eigenvalue weighted by atomic mass is 16.5. The van der Waals surface area contributed by atoms with Crippen LogP contribution in [0.15, 0.2) is 52.7 Å². The number of rotatable bonds is 4. The Morgan fingerprint density at radius 1 is 1.31 bits per heavy atom. The van der Waals surface area contributed by atoms with Gasteiger partial charge in [-0.2, -0.15) is 4.57 Å². The monoisotopic (exact) mass is 358 g/mol. The van der Waals surface area contributed by atoms with Gasteiger partial charge in [-0.05, 0) is 12.1 Å². The predicted octanol–water partition coefficient (Wildman–Crippen LogP) is -0.0178. The van der Waals surface area contributed by atoms with Crippen molar-refractivity contribution < 1.29 is 19.7 Å². The van der Waals surface area contributed by atoms with E-state index in [1.807, 2.05) is 0 Å². The van der Waals surface area contributed by atoms with Crippen LogP contribution in [0.25, 0.3) is 6.08 Å². The third-order valence-electron chi connectivity index (χ3n) is 4.28. The molecular weight excluding hydrogens is 340 g/mol. The first-order valence-corrected chi connectivity index (χ1v) is 8.02. The Morgan fingerprint density at radius 2 is 2.00 bits per heavy atom. The third-order valence-corrected chi connectivity index (χ3v) is 4.28. The Hall–Kier alpha value is -2.81. The minimum absolute atomic E-state index is 0.0411. The lowest BCUT2D eigenvalue weighted by Crippen LogP contribution is -2.45. The first-order chi connectivity index (χ1) is 12.5. The van der Waals surface area contributed by atoms with E-state index in [1.165, 1.54) is 24.4 Å². The molecule has 2 aromatic rings. The normalized spacial score (nSPS) is 22.3. The molecule has 0 saturated carbocycles. The van der Waals surface area contributed by atoms with Crippen LogP contribution in [0.5, 0.6) is 0 Å². The standard InChI is InChI=1S/C18H18N2O6/c1-2-11-9-19(15-8-13(22)14(10-21)26-15)18(25)20(16(11)23)17(24)12-6-4-3-5-7-12/h2-7,9,13-15,21-22H,1,8,10H2/t13-,14+,15+/m0/s1. The quantitative estimate of drug-likeness (QED) is 0.795. The molecule has 0 radical (unpaired) electrons. The van der Waals surface area contributed by atoms with Crippen molar-refractivity contribution in [1.82, 2.24) is 9.13 Å². The molecular formula is C18H18N2O6. The van der Waals surface area contributed by atoms with Crippen molar-refractivity contribution in [1.29, 1.82) is 0 Å². The highest BCUT2D eigenvalue weighted by Crippen LogP contribution is 2.27. The second-order valence-corrected chi connectivity index (χ2v) is 5.90. The molecule has 0 spiro atoms. The van der Waals surface area contributed by atoms with E-state index in [0.29, 0.717) is 4.57 Å².